The highest BCUT2D eigenvalue weighted by molar-refractivity contribution is 5.81. The first kappa shape index (κ1) is 25.3. The Balaban J connectivity index is 1.52. The molecule has 9 nitrogen and oxygen atoms in total. The summed E-state index contributed by atoms with van der Waals surface area (Å²) in [5.74, 6) is 1.17. The molecule has 202 valence electrons. The summed E-state index contributed by atoms with van der Waals surface area (Å²) in [4.78, 5) is 28.3. The van der Waals surface area contributed by atoms with Gasteiger partial charge < -0.3 is 19.1 Å². The van der Waals surface area contributed by atoms with Crippen molar-refractivity contribution in [2.45, 2.75) is 44.1 Å². The zero-order valence-electron chi connectivity index (χ0n) is 21.6. The number of pyridine rings is 2. The van der Waals surface area contributed by atoms with Gasteiger partial charge in [0.2, 0.25) is 0 Å². The third-order valence-electron chi connectivity index (χ3n) is 7.53. The Morgan fingerprint density at radius 2 is 2.08 bits per heavy atom. The highest BCUT2D eigenvalue weighted by Gasteiger charge is 2.39. The molecular weight excluding hydrogens is 508 g/mol. The minimum atomic E-state index is -3.04. The molecule has 39 heavy (non-hydrogen) atoms. The summed E-state index contributed by atoms with van der Waals surface area (Å²) in [6.45, 7) is -0.953. The van der Waals surface area contributed by atoms with E-state index < -0.39 is 18.3 Å². The van der Waals surface area contributed by atoms with Crippen molar-refractivity contribution in [2.24, 2.45) is 0 Å². The lowest BCUT2D eigenvalue weighted by molar-refractivity contribution is -0.0507. The van der Waals surface area contributed by atoms with Crippen LogP contribution in [0.15, 0.2) is 42.6 Å². The van der Waals surface area contributed by atoms with Crippen LogP contribution in [-0.2, 0) is 5.60 Å². The van der Waals surface area contributed by atoms with Gasteiger partial charge in [0.25, 0.3) is 0 Å². The van der Waals surface area contributed by atoms with Crippen LogP contribution < -0.4 is 9.47 Å². The number of benzene rings is 1. The summed E-state index contributed by atoms with van der Waals surface area (Å²) in [6, 6.07) is 9.39. The average Bonchev–Trinajstić information content (AvgIpc) is 3.45. The predicted octanol–water partition coefficient (Wildman–Crippen LogP) is 4.49. The maximum Gasteiger partial charge on any atom is 0.387 e. The molecule has 3 aromatic heterocycles. The summed E-state index contributed by atoms with van der Waals surface area (Å²) >= 11 is 0. The summed E-state index contributed by atoms with van der Waals surface area (Å²) < 4.78 is 39.2. The zero-order chi connectivity index (χ0) is 27.5. The average molecular weight is 536 g/mol. The second kappa shape index (κ2) is 9.35. The van der Waals surface area contributed by atoms with Crippen LogP contribution >= 0.6 is 0 Å². The van der Waals surface area contributed by atoms with Crippen molar-refractivity contribution in [3.05, 3.63) is 65.2 Å². The second-order valence-corrected chi connectivity index (χ2v) is 10.3. The Morgan fingerprint density at radius 1 is 1.26 bits per heavy atom. The monoisotopic (exact) mass is 535 g/mol. The molecule has 6 rings (SSSR count). The van der Waals surface area contributed by atoms with E-state index in [0.717, 1.165) is 5.82 Å². The maximum absolute atomic E-state index is 13.3. The second-order valence-electron chi connectivity index (χ2n) is 10.3. The van der Waals surface area contributed by atoms with Gasteiger partial charge in [-0.05, 0) is 51.7 Å². The van der Waals surface area contributed by atoms with Gasteiger partial charge in [-0.15, -0.1) is 0 Å². The Hall–Kier alpha value is -3.96. The molecule has 4 aromatic rings. The number of ether oxygens (including phenoxy) is 2. The lowest BCUT2D eigenvalue weighted by Gasteiger charge is -2.29. The smallest absolute Gasteiger partial charge is 0.387 e. The Bertz CT molecular complexity index is 1590. The number of hydrogen-bond donors (Lipinski definition) is 1. The van der Waals surface area contributed by atoms with Gasteiger partial charge in [0.15, 0.2) is 11.9 Å². The predicted molar refractivity (Wildman–Crippen MR) is 138 cm³/mol. The van der Waals surface area contributed by atoms with Crippen molar-refractivity contribution in [3.63, 3.8) is 0 Å². The van der Waals surface area contributed by atoms with Gasteiger partial charge in [-0.25, -0.2) is 9.97 Å². The molecule has 0 fully saturated rings. The summed E-state index contributed by atoms with van der Waals surface area (Å²) in [5, 5.41) is 10.7. The molecule has 0 saturated heterocycles. The van der Waals surface area contributed by atoms with Crippen LogP contribution in [0.2, 0.25) is 0 Å². The van der Waals surface area contributed by atoms with Crippen LogP contribution in [0.5, 0.6) is 11.5 Å². The van der Waals surface area contributed by atoms with Crippen molar-refractivity contribution >= 4 is 17.5 Å². The van der Waals surface area contributed by atoms with Crippen molar-refractivity contribution in [2.75, 3.05) is 20.7 Å². The maximum atomic E-state index is 13.3. The summed E-state index contributed by atoms with van der Waals surface area (Å²) in [7, 11) is 3.84. The number of halogens is 2. The van der Waals surface area contributed by atoms with Gasteiger partial charge in [0, 0.05) is 29.3 Å². The van der Waals surface area contributed by atoms with Gasteiger partial charge in [-0.2, -0.15) is 8.78 Å². The Labute approximate surface area is 223 Å². The van der Waals surface area contributed by atoms with E-state index >= 15 is 0 Å². The SMILES string of the molecule is CN(C)C1CC(c2c(C=O)cccc2OC(F)F)n2c1nc1ccc(-c3cnc4c(c3)OCCC4(C)O)nc12. The standard InChI is InChI=1S/C28H27F2N5O4/c1-28(37)9-10-38-22-11-16(13-31-24(22)28)17-7-8-18-25(32-17)35-19(12-20(34(2)3)26(35)33-18)23-15(14-36)5-4-6-21(23)39-27(29)30/h4-8,11,13-14,19-20,27,37H,9-10,12H2,1-3H3. The first-order valence-corrected chi connectivity index (χ1v) is 12.6. The number of alkyl halides is 2. The lowest BCUT2D eigenvalue weighted by Crippen LogP contribution is -2.30. The molecule has 0 amide bonds. The van der Waals surface area contributed by atoms with Gasteiger partial charge in [0.1, 0.15) is 34.1 Å². The largest absolute Gasteiger partial charge is 0.491 e. The number of rotatable bonds is 6. The number of aldehydes is 1. The fraction of sp³-hybridized carbons (Fsp3) is 0.357. The van der Waals surface area contributed by atoms with E-state index in [4.69, 9.17) is 19.4 Å². The number of fused-ring (bicyclic) bond motifs is 4. The van der Waals surface area contributed by atoms with Crippen LogP contribution in [0.4, 0.5) is 8.78 Å². The molecule has 0 aliphatic carbocycles. The molecule has 2 aliphatic heterocycles. The van der Waals surface area contributed by atoms with E-state index in [1.807, 2.05) is 41.8 Å². The van der Waals surface area contributed by atoms with Crippen molar-refractivity contribution < 1.29 is 28.2 Å². The summed E-state index contributed by atoms with van der Waals surface area (Å²) in [5.41, 5.74) is 2.53. The Morgan fingerprint density at radius 3 is 2.82 bits per heavy atom. The third-order valence-corrected chi connectivity index (χ3v) is 7.53. The topological polar surface area (TPSA) is 103 Å². The molecule has 1 N–H and O–H groups in total. The highest BCUT2D eigenvalue weighted by atomic mass is 19.3. The molecule has 5 heterocycles. The van der Waals surface area contributed by atoms with E-state index in [0.29, 0.717) is 65.2 Å². The van der Waals surface area contributed by atoms with Crippen LogP contribution in [-0.4, -0.2) is 63.1 Å². The summed E-state index contributed by atoms with van der Waals surface area (Å²) in [6.07, 6.45) is 3.24. The van der Waals surface area contributed by atoms with Gasteiger partial charge in [-0.3, -0.25) is 14.7 Å². The number of imidazole rings is 1. The van der Waals surface area contributed by atoms with E-state index in [-0.39, 0.29) is 17.4 Å². The molecule has 0 saturated carbocycles. The van der Waals surface area contributed by atoms with Gasteiger partial charge in [-0.1, -0.05) is 12.1 Å². The fourth-order valence-electron chi connectivity index (χ4n) is 5.60. The Kier molecular flexibility index (Phi) is 6.07. The van der Waals surface area contributed by atoms with Crippen molar-refractivity contribution in [1.29, 1.82) is 0 Å². The number of aliphatic hydroxyl groups is 1. The quantitative estimate of drug-likeness (QED) is 0.360. The van der Waals surface area contributed by atoms with Gasteiger partial charge >= 0.3 is 6.61 Å². The number of nitrogens with zero attached hydrogens (tertiary/aromatic N) is 5. The number of hydrogen-bond acceptors (Lipinski definition) is 8. The zero-order valence-corrected chi connectivity index (χ0v) is 21.6. The molecular formula is C28H27F2N5O4. The van der Waals surface area contributed by atoms with E-state index in [2.05, 4.69) is 4.98 Å². The van der Waals surface area contributed by atoms with Crippen LogP contribution in [0.25, 0.3) is 22.4 Å². The van der Waals surface area contributed by atoms with Crippen LogP contribution in [0, 0.1) is 0 Å². The molecule has 11 heteroatoms. The normalized spacial score (nSPS) is 22.2. The number of aromatic nitrogens is 4. The van der Waals surface area contributed by atoms with Gasteiger partial charge in [0.05, 0.1) is 24.4 Å². The van der Waals surface area contributed by atoms with Crippen LogP contribution in [0.3, 0.4) is 0 Å². The number of carbonyl (C=O) groups is 1. The van der Waals surface area contributed by atoms with E-state index in [1.165, 1.54) is 12.1 Å². The number of carbonyl (C=O) groups excluding carboxylic acids is 1. The van der Waals surface area contributed by atoms with E-state index in [1.54, 1.807) is 19.2 Å². The molecule has 3 atom stereocenters. The lowest BCUT2D eigenvalue weighted by atomic mass is 9.94. The fourth-order valence-corrected chi connectivity index (χ4v) is 5.60. The third kappa shape index (κ3) is 4.22. The van der Waals surface area contributed by atoms with Crippen molar-refractivity contribution in [1.82, 2.24) is 24.4 Å². The first-order valence-electron chi connectivity index (χ1n) is 12.6. The first-order chi connectivity index (χ1) is 18.7. The minimum absolute atomic E-state index is 0.0500. The minimum Gasteiger partial charge on any atom is -0.491 e. The molecule has 0 spiro atoms. The molecule has 3 unspecified atom stereocenters. The van der Waals surface area contributed by atoms with Crippen molar-refractivity contribution in [3.8, 4) is 22.8 Å². The molecule has 0 bridgehead atoms. The van der Waals surface area contributed by atoms with Crippen LogP contribution in [0.1, 0.15) is 59.3 Å². The highest BCUT2D eigenvalue weighted by Crippen LogP contribution is 2.46. The van der Waals surface area contributed by atoms with E-state index in [9.17, 15) is 18.7 Å². The molecule has 0 radical (unpaired) electrons. The molecule has 2 aliphatic rings. The molecule has 1 aromatic carbocycles.